The van der Waals surface area contributed by atoms with Crippen LogP contribution in [0.5, 0.6) is 5.75 Å². The predicted molar refractivity (Wildman–Crippen MR) is 74.3 cm³/mol. The van der Waals surface area contributed by atoms with Gasteiger partial charge in [-0.2, -0.15) is 0 Å². The fraction of sp³-hybridized carbons (Fsp3) is 0.385. The monoisotopic (exact) mass is 329 g/mol. The Balaban J connectivity index is 3.59. The van der Waals surface area contributed by atoms with E-state index in [1.54, 1.807) is 26.0 Å². The lowest BCUT2D eigenvalue weighted by Gasteiger charge is -2.25. The molecule has 0 bridgehead atoms. The van der Waals surface area contributed by atoms with E-state index in [1.807, 2.05) is 0 Å². The molecule has 0 fully saturated rings. The zero-order valence-electron chi connectivity index (χ0n) is 11.2. The third-order valence-electron chi connectivity index (χ3n) is 2.89. The molecule has 0 heterocycles. The predicted octanol–water partition coefficient (Wildman–Crippen LogP) is 2.01. The van der Waals surface area contributed by atoms with E-state index in [4.69, 9.17) is 15.2 Å². The zero-order valence-corrected chi connectivity index (χ0v) is 12.8. The van der Waals surface area contributed by atoms with Gasteiger partial charge in [-0.05, 0) is 26.0 Å². The van der Waals surface area contributed by atoms with Crippen LogP contribution in [0.1, 0.15) is 29.8 Å². The van der Waals surface area contributed by atoms with Gasteiger partial charge in [0.1, 0.15) is 5.75 Å². The summed E-state index contributed by atoms with van der Waals surface area (Å²) in [6.45, 7) is 3.38. The first-order valence-electron chi connectivity index (χ1n) is 5.52. The van der Waals surface area contributed by atoms with Crippen LogP contribution in [0.2, 0.25) is 0 Å². The summed E-state index contributed by atoms with van der Waals surface area (Å²) in [7, 11) is 2.73. The molecule has 0 aliphatic carbocycles. The number of hydrogen-bond donors (Lipinski definition) is 1. The van der Waals surface area contributed by atoms with Crippen molar-refractivity contribution in [1.82, 2.24) is 0 Å². The highest BCUT2D eigenvalue weighted by molar-refractivity contribution is 9.10. The number of benzene rings is 1. The average molecular weight is 330 g/mol. The van der Waals surface area contributed by atoms with Gasteiger partial charge in [-0.1, -0.05) is 15.9 Å². The quantitative estimate of drug-likeness (QED) is 0.857. The molecule has 0 aromatic heterocycles. The lowest BCUT2D eigenvalue weighted by Crippen LogP contribution is -2.31. The van der Waals surface area contributed by atoms with Gasteiger partial charge >= 0.3 is 5.97 Å². The zero-order chi connectivity index (χ0) is 14.8. The minimum atomic E-state index is -0.964. The van der Waals surface area contributed by atoms with Crippen LogP contribution in [0, 0.1) is 0 Å². The van der Waals surface area contributed by atoms with Crippen molar-refractivity contribution in [2.75, 3.05) is 14.2 Å². The Morgan fingerprint density at radius 2 is 1.84 bits per heavy atom. The highest BCUT2D eigenvalue weighted by Crippen LogP contribution is 2.37. The summed E-state index contributed by atoms with van der Waals surface area (Å²) in [6.07, 6.45) is 0. The molecule has 5 nitrogen and oxygen atoms in total. The van der Waals surface area contributed by atoms with Crippen LogP contribution in [0.25, 0.3) is 0 Å². The molecule has 2 N–H and O–H groups in total. The van der Waals surface area contributed by atoms with Crippen molar-refractivity contribution < 1.29 is 19.1 Å². The number of carbonyl (C=O) groups is 2. The van der Waals surface area contributed by atoms with Crippen LogP contribution in [0.15, 0.2) is 16.6 Å². The van der Waals surface area contributed by atoms with Crippen LogP contribution in [-0.2, 0) is 14.9 Å². The van der Waals surface area contributed by atoms with Gasteiger partial charge < -0.3 is 15.2 Å². The summed E-state index contributed by atoms with van der Waals surface area (Å²) in [5.74, 6) is -0.773. The van der Waals surface area contributed by atoms with Crippen molar-refractivity contribution in [2.24, 2.45) is 5.73 Å². The van der Waals surface area contributed by atoms with Gasteiger partial charge in [-0.3, -0.25) is 9.59 Å². The van der Waals surface area contributed by atoms with E-state index in [-0.39, 0.29) is 11.3 Å². The van der Waals surface area contributed by atoms with Gasteiger partial charge in [0.05, 0.1) is 25.2 Å². The number of rotatable bonds is 4. The second-order valence-electron chi connectivity index (χ2n) is 4.51. The summed E-state index contributed by atoms with van der Waals surface area (Å²) >= 11 is 3.29. The number of primary amides is 1. The van der Waals surface area contributed by atoms with Crippen molar-refractivity contribution in [3.8, 4) is 5.75 Å². The normalized spacial score (nSPS) is 11.0. The number of hydrogen-bond acceptors (Lipinski definition) is 4. The Labute approximate surface area is 120 Å². The summed E-state index contributed by atoms with van der Waals surface area (Å²) in [5.41, 5.74) is 5.10. The molecule has 0 spiro atoms. The molecule has 1 aromatic carbocycles. The van der Waals surface area contributed by atoms with Gasteiger partial charge in [0.15, 0.2) is 0 Å². The van der Waals surface area contributed by atoms with E-state index in [1.165, 1.54) is 14.2 Å². The van der Waals surface area contributed by atoms with Crippen LogP contribution in [-0.4, -0.2) is 26.1 Å². The van der Waals surface area contributed by atoms with Gasteiger partial charge in [0.25, 0.3) is 5.91 Å². The molecule has 0 aliphatic heterocycles. The molecule has 0 saturated carbocycles. The first-order chi connectivity index (χ1) is 8.75. The molecule has 0 unspecified atom stereocenters. The molecule has 1 rings (SSSR count). The number of methoxy groups -OCH3 is 2. The number of ether oxygens (including phenoxy) is 2. The molecular formula is C13H16BrNO4. The van der Waals surface area contributed by atoms with Crippen LogP contribution in [0.4, 0.5) is 0 Å². The van der Waals surface area contributed by atoms with E-state index in [0.717, 1.165) is 0 Å². The van der Waals surface area contributed by atoms with Crippen molar-refractivity contribution in [3.63, 3.8) is 0 Å². The number of nitrogens with two attached hydrogens (primary N) is 1. The summed E-state index contributed by atoms with van der Waals surface area (Å²) in [4.78, 5) is 23.3. The van der Waals surface area contributed by atoms with Crippen molar-refractivity contribution in [1.29, 1.82) is 0 Å². The molecule has 19 heavy (non-hydrogen) atoms. The third kappa shape index (κ3) is 2.89. The van der Waals surface area contributed by atoms with Crippen LogP contribution in [0.3, 0.4) is 0 Å². The Bertz CT molecular complexity index is 526. The van der Waals surface area contributed by atoms with Gasteiger partial charge in [-0.15, -0.1) is 0 Å². The molecule has 0 atom stereocenters. The minimum Gasteiger partial charge on any atom is -0.496 e. The SMILES string of the molecule is COC(=O)C(C)(C)c1cc(Br)cc(C(N)=O)c1OC. The van der Waals surface area contributed by atoms with E-state index in [9.17, 15) is 9.59 Å². The van der Waals surface area contributed by atoms with Gasteiger partial charge in [-0.25, -0.2) is 0 Å². The maximum absolute atomic E-state index is 11.9. The van der Waals surface area contributed by atoms with Gasteiger partial charge in [0.2, 0.25) is 0 Å². The minimum absolute atomic E-state index is 0.212. The van der Waals surface area contributed by atoms with Crippen molar-refractivity contribution in [3.05, 3.63) is 27.7 Å². The topological polar surface area (TPSA) is 78.6 Å². The fourth-order valence-electron chi connectivity index (χ4n) is 1.83. The first-order valence-corrected chi connectivity index (χ1v) is 6.31. The second-order valence-corrected chi connectivity index (χ2v) is 5.43. The highest BCUT2D eigenvalue weighted by Gasteiger charge is 2.35. The molecular weight excluding hydrogens is 314 g/mol. The summed E-state index contributed by atoms with van der Waals surface area (Å²) in [5, 5.41) is 0. The fourth-order valence-corrected chi connectivity index (χ4v) is 2.28. The lowest BCUT2D eigenvalue weighted by molar-refractivity contribution is -0.146. The number of carbonyl (C=O) groups excluding carboxylic acids is 2. The lowest BCUT2D eigenvalue weighted by atomic mass is 9.83. The van der Waals surface area contributed by atoms with Gasteiger partial charge in [0, 0.05) is 10.0 Å². The number of esters is 1. The molecule has 1 aromatic rings. The maximum Gasteiger partial charge on any atom is 0.315 e. The Kier molecular flexibility index (Phi) is 4.57. The van der Waals surface area contributed by atoms with E-state index in [2.05, 4.69) is 15.9 Å². The Hall–Kier alpha value is -1.56. The molecule has 104 valence electrons. The molecule has 0 radical (unpaired) electrons. The first kappa shape index (κ1) is 15.5. The van der Waals surface area contributed by atoms with Crippen molar-refractivity contribution in [2.45, 2.75) is 19.3 Å². The molecule has 0 saturated heterocycles. The van der Waals surface area contributed by atoms with Crippen LogP contribution < -0.4 is 10.5 Å². The number of halogens is 1. The van der Waals surface area contributed by atoms with Crippen molar-refractivity contribution >= 4 is 27.8 Å². The highest BCUT2D eigenvalue weighted by atomic mass is 79.9. The molecule has 1 amide bonds. The second kappa shape index (κ2) is 5.61. The van der Waals surface area contributed by atoms with Crippen LogP contribution >= 0.6 is 15.9 Å². The summed E-state index contributed by atoms with van der Waals surface area (Å²) < 4.78 is 10.7. The standard InChI is InChI=1S/C13H16BrNO4/c1-13(2,12(17)19-4)9-6-7(14)5-8(11(15)16)10(9)18-3/h5-6H,1-4H3,(H2,15,16). The van der Waals surface area contributed by atoms with E-state index < -0.39 is 17.3 Å². The smallest absolute Gasteiger partial charge is 0.315 e. The molecule has 6 heteroatoms. The number of amides is 1. The average Bonchev–Trinajstić information content (AvgIpc) is 2.36. The Morgan fingerprint density at radius 3 is 2.26 bits per heavy atom. The Morgan fingerprint density at radius 1 is 1.26 bits per heavy atom. The molecule has 0 aliphatic rings. The summed E-state index contributed by atoms with van der Waals surface area (Å²) in [6, 6.07) is 3.26. The largest absolute Gasteiger partial charge is 0.496 e. The third-order valence-corrected chi connectivity index (χ3v) is 3.35. The maximum atomic E-state index is 11.9. The van der Waals surface area contributed by atoms with E-state index >= 15 is 0 Å². The van der Waals surface area contributed by atoms with E-state index in [0.29, 0.717) is 10.0 Å².